The molecule has 3 aromatic rings. The van der Waals surface area contributed by atoms with Gasteiger partial charge in [0.25, 0.3) is 0 Å². The van der Waals surface area contributed by atoms with Crippen LogP contribution in [0.15, 0.2) is 71.2 Å². The lowest BCUT2D eigenvalue weighted by Gasteiger charge is -2.23. The second-order valence-corrected chi connectivity index (χ2v) is 8.00. The SMILES string of the molecule is CCNC(=NCc1ccc(OCc2ccccn2)cc1)NCC(C)(O)c1cccs1.I. The number of nitrogens with one attached hydrogen (secondary N) is 2. The first-order chi connectivity index (χ1) is 14.6. The second kappa shape index (κ2) is 12.6. The van der Waals surface area contributed by atoms with Gasteiger partial charge in [0.1, 0.15) is 18.0 Å². The molecule has 0 amide bonds. The Balaban J connectivity index is 0.00000341. The summed E-state index contributed by atoms with van der Waals surface area (Å²) in [7, 11) is 0. The molecule has 31 heavy (non-hydrogen) atoms. The van der Waals surface area contributed by atoms with Crippen LogP contribution in [0.5, 0.6) is 5.75 Å². The summed E-state index contributed by atoms with van der Waals surface area (Å²) in [6.07, 6.45) is 1.76. The third-order valence-electron chi connectivity index (χ3n) is 4.45. The van der Waals surface area contributed by atoms with Gasteiger partial charge in [0.15, 0.2) is 5.96 Å². The molecule has 0 aliphatic heterocycles. The lowest BCUT2D eigenvalue weighted by molar-refractivity contribution is 0.0655. The van der Waals surface area contributed by atoms with Crippen LogP contribution in [-0.2, 0) is 18.8 Å². The van der Waals surface area contributed by atoms with E-state index < -0.39 is 5.60 Å². The first-order valence-corrected chi connectivity index (χ1v) is 10.8. The fraction of sp³-hybridized carbons (Fsp3) is 0.304. The summed E-state index contributed by atoms with van der Waals surface area (Å²) in [5.41, 5.74) is 1.02. The molecule has 6 nitrogen and oxygen atoms in total. The molecule has 0 fully saturated rings. The second-order valence-electron chi connectivity index (χ2n) is 7.05. The van der Waals surface area contributed by atoms with E-state index >= 15 is 0 Å². The molecule has 3 rings (SSSR count). The first-order valence-electron chi connectivity index (χ1n) is 9.97. The molecule has 166 valence electrons. The van der Waals surface area contributed by atoms with Crippen molar-refractivity contribution < 1.29 is 9.84 Å². The monoisotopic (exact) mass is 552 g/mol. The van der Waals surface area contributed by atoms with Crippen molar-refractivity contribution in [3.8, 4) is 5.75 Å². The molecule has 0 aliphatic rings. The number of pyridine rings is 1. The molecule has 8 heteroatoms. The van der Waals surface area contributed by atoms with Crippen LogP contribution in [0.3, 0.4) is 0 Å². The molecule has 1 atom stereocenters. The maximum absolute atomic E-state index is 10.7. The van der Waals surface area contributed by atoms with E-state index in [1.165, 1.54) is 0 Å². The van der Waals surface area contributed by atoms with Crippen molar-refractivity contribution in [2.24, 2.45) is 4.99 Å². The van der Waals surface area contributed by atoms with Crippen LogP contribution in [0.1, 0.15) is 30.0 Å². The number of nitrogens with zero attached hydrogens (tertiary/aromatic N) is 2. The summed E-state index contributed by atoms with van der Waals surface area (Å²) in [6.45, 7) is 5.91. The van der Waals surface area contributed by atoms with Gasteiger partial charge in [0.2, 0.25) is 0 Å². The highest BCUT2D eigenvalue weighted by Gasteiger charge is 2.24. The van der Waals surface area contributed by atoms with Gasteiger partial charge in [-0.3, -0.25) is 4.98 Å². The summed E-state index contributed by atoms with van der Waals surface area (Å²) in [4.78, 5) is 9.81. The van der Waals surface area contributed by atoms with Crippen molar-refractivity contribution in [1.82, 2.24) is 15.6 Å². The Bertz CT molecular complexity index is 917. The summed E-state index contributed by atoms with van der Waals surface area (Å²) in [6, 6.07) is 17.5. The van der Waals surface area contributed by atoms with Crippen LogP contribution >= 0.6 is 35.3 Å². The fourth-order valence-corrected chi connectivity index (χ4v) is 3.56. The Kier molecular flexibility index (Phi) is 10.2. The van der Waals surface area contributed by atoms with Gasteiger partial charge in [-0.05, 0) is 55.1 Å². The molecule has 0 radical (unpaired) electrons. The molecule has 0 saturated heterocycles. The van der Waals surface area contributed by atoms with Gasteiger partial charge in [-0.25, -0.2) is 4.99 Å². The minimum atomic E-state index is -0.947. The molecule has 0 bridgehead atoms. The lowest BCUT2D eigenvalue weighted by atomic mass is 10.1. The van der Waals surface area contributed by atoms with Crippen molar-refractivity contribution in [2.75, 3.05) is 13.1 Å². The van der Waals surface area contributed by atoms with Crippen molar-refractivity contribution >= 4 is 41.3 Å². The number of aliphatic imine (C=N–C) groups is 1. The van der Waals surface area contributed by atoms with Crippen LogP contribution in [0.4, 0.5) is 0 Å². The predicted molar refractivity (Wildman–Crippen MR) is 137 cm³/mol. The zero-order valence-corrected chi connectivity index (χ0v) is 20.9. The lowest BCUT2D eigenvalue weighted by Crippen LogP contribution is -2.44. The number of aliphatic hydroxyl groups is 1. The van der Waals surface area contributed by atoms with Crippen molar-refractivity contribution in [3.05, 3.63) is 82.3 Å². The Morgan fingerprint density at radius 3 is 2.58 bits per heavy atom. The maximum atomic E-state index is 10.7. The zero-order chi connectivity index (χ0) is 21.2. The van der Waals surface area contributed by atoms with Gasteiger partial charge in [-0.15, -0.1) is 35.3 Å². The van der Waals surface area contributed by atoms with Gasteiger partial charge in [-0.2, -0.15) is 0 Å². The molecule has 1 unspecified atom stereocenters. The molecule has 1 aromatic carbocycles. The summed E-state index contributed by atoms with van der Waals surface area (Å²) in [5.74, 6) is 1.47. The standard InChI is InChI=1S/C23H28N4O2S.HI/c1-3-24-22(27-17-23(2,28)21-8-6-14-30-21)26-15-18-9-11-20(12-10-18)29-16-19-7-4-5-13-25-19;/h4-14,28H,3,15-17H2,1-2H3,(H2,24,26,27);1H. The Labute approximate surface area is 204 Å². The quantitative estimate of drug-likeness (QED) is 0.210. The Morgan fingerprint density at radius 2 is 1.94 bits per heavy atom. The Hall–Kier alpha value is -2.17. The van der Waals surface area contributed by atoms with E-state index in [0.717, 1.165) is 28.4 Å². The van der Waals surface area contributed by atoms with Gasteiger partial charge < -0.3 is 20.5 Å². The minimum Gasteiger partial charge on any atom is -0.487 e. The normalized spacial score (nSPS) is 13.1. The van der Waals surface area contributed by atoms with E-state index in [4.69, 9.17) is 4.74 Å². The van der Waals surface area contributed by atoms with Crippen molar-refractivity contribution in [3.63, 3.8) is 0 Å². The number of ether oxygens (including phenoxy) is 1. The zero-order valence-electron chi connectivity index (χ0n) is 17.7. The largest absolute Gasteiger partial charge is 0.487 e. The topological polar surface area (TPSA) is 78.8 Å². The maximum Gasteiger partial charge on any atom is 0.191 e. The van der Waals surface area contributed by atoms with E-state index in [2.05, 4.69) is 20.6 Å². The van der Waals surface area contributed by atoms with Crippen LogP contribution in [0.25, 0.3) is 0 Å². The average Bonchev–Trinajstić information content (AvgIpc) is 3.32. The highest BCUT2D eigenvalue weighted by atomic mass is 127. The van der Waals surface area contributed by atoms with Crippen LogP contribution in [0.2, 0.25) is 0 Å². The fourth-order valence-electron chi connectivity index (χ4n) is 2.77. The number of aromatic nitrogens is 1. The van der Waals surface area contributed by atoms with E-state index in [0.29, 0.717) is 25.7 Å². The third-order valence-corrected chi connectivity index (χ3v) is 5.58. The predicted octanol–water partition coefficient (Wildman–Crippen LogP) is 4.30. The molecular weight excluding hydrogens is 523 g/mol. The molecule has 0 aliphatic carbocycles. The number of hydrogen-bond acceptors (Lipinski definition) is 5. The van der Waals surface area contributed by atoms with Gasteiger partial charge >= 0.3 is 0 Å². The molecule has 2 heterocycles. The average molecular weight is 552 g/mol. The number of guanidine groups is 1. The smallest absolute Gasteiger partial charge is 0.191 e. The summed E-state index contributed by atoms with van der Waals surface area (Å²) in [5, 5.41) is 19.1. The van der Waals surface area contributed by atoms with Crippen LogP contribution < -0.4 is 15.4 Å². The summed E-state index contributed by atoms with van der Waals surface area (Å²) < 4.78 is 5.77. The molecule has 2 aromatic heterocycles. The van der Waals surface area contributed by atoms with E-state index in [9.17, 15) is 5.11 Å². The molecule has 0 spiro atoms. The highest BCUT2D eigenvalue weighted by molar-refractivity contribution is 14.0. The molecule has 3 N–H and O–H groups in total. The number of rotatable bonds is 9. The van der Waals surface area contributed by atoms with Crippen LogP contribution in [-0.4, -0.2) is 29.1 Å². The van der Waals surface area contributed by atoms with E-state index in [1.54, 1.807) is 24.5 Å². The number of thiophene rings is 1. The Morgan fingerprint density at radius 1 is 1.13 bits per heavy atom. The number of hydrogen-bond donors (Lipinski definition) is 3. The van der Waals surface area contributed by atoms with E-state index in [1.807, 2.05) is 66.9 Å². The number of halogens is 1. The van der Waals surface area contributed by atoms with Crippen molar-refractivity contribution in [1.29, 1.82) is 0 Å². The van der Waals surface area contributed by atoms with E-state index in [-0.39, 0.29) is 24.0 Å². The molecule has 0 saturated carbocycles. The highest BCUT2D eigenvalue weighted by Crippen LogP contribution is 2.24. The molecular formula is C23H29IN4O2S. The first kappa shape index (κ1) is 25.1. The summed E-state index contributed by atoms with van der Waals surface area (Å²) >= 11 is 1.54. The third kappa shape index (κ3) is 8.12. The minimum absolute atomic E-state index is 0. The van der Waals surface area contributed by atoms with Crippen LogP contribution in [0, 0.1) is 0 Å². The van der Waals surface area contributed by atoms with Gasteiger partial charge in [0, 0.05) is 17.6 Å². The number of benzene rings is 1. The van der Waals surface area contributed by atoms with Gasteiger partial charge in [0.05, 0.1) is 18.8 Å². The van der Waals surface area contributed by atoms with Gasteiger partial charge in [-0.1, -0.05) is 24.3 Å². The van der Waals surface area contributed by atoms with Crippen molar-refractivity contribution in [2.45, 2.75) is 32.6 Å².